The molecule has 6 nitrogen and oxygen atoms in total. The van der Waals surface area contributed by atoms with E-state index in [1.54, 1.807) is 12.1 Å². The maximum atomic E-state index is 11.9. The lowest BCUT2D eigenvalue weighted by atomic mass is 9.93. The third-order valence-corrected chi connectivity index (χ3v) is 5.36. The summed E-state index contributed by atoms with van der Waals surface area (Å²) in [6, 6.07) is 3.53. The summed E-state index contributed by atoms with van der Waals surface area (Å²) >= 11 is 0. The molecule has 1 aromatic rings. The van der Waals surface area contributed by atoms with Crippen LogP contribution in [0.4, 0.5) is 5.82 Å². The fraction of sp³-hybridized carbons (Fsp3) is 0.615. The van der Waals surface area contributed by atoms with Gasteiger partial charge in [0.2, 0.25) is 10.0 Å². The minimum atomic E-state index is -3.42. The van der Waals surface area contributed by atoms with Gasteiger partial charge in [0.05, 0.1) is 6.10 Å². The molecule has 1 heterocycles. The zero-order valence-electron chi connectivity index (χ0n) is 11.8. The maximum absolute atomic E-state index is 11.9. The average molecular weight is 299 g/mol. The summed E-state index contributed by atoms with van der Waals surface area (Å²) in [5.41, 5.74) is 0. The maximum Gasteiger partial charge on any atom is 0.244 e. The number of hydrogen-bond donors (Lipinski definition) is 2. The second-order valence-corrected chi connectivity index (χ2v) is 7.47. The van der Waals surface area contributed by atoms with Crippen molar-refractivity contribution in [1.29, 1.82) is 0 Å². The summed E-state index contributed by atoms with van der Waals surface area (Å²) in [4.78, 5) is 4.35. The summed E-state index contributed by atoms with van der Waals surface area (Å²) in [7, 11) is -0.434. The Bertz CT molecular complexity index is 534. The van der Waals surface area contributed by atoms with Gasteiger partial charge in [-0.15, -0.1) is 0 Å². The van der Waals surface area contributed by atoms with Crippen molar-refractivity contribution < 1.29 is 13.5 Å². The fourth-order valence-corrected chi connectivity index (χ4v) is 3.11. The molecule has 1 aliphatic rings. The van der Waals surface area contributed by atoms with Crippen molar-refractivity contribution in [3.05, 3.63) is 18.3 Å². The summed E-state index contributed by atoms with van der Waals surface area (Å²) in [5.74, 6) is 0.670. The zero-order chi connectivity index (χ0) is 14.8. The van der Waals surface area contributed by atoms with Crippen LogP contribution in [-0.2, 0) is 10.0 Å². The van der Waals surface area contributed by atoms with Crippen molar-refractivity contribution in [2.24, 2.45) is 0 Å². The van der Waals surface area contributed by atoms with E-state index < -0.39 is 10.0 Å². The van der Waals surface area contributed by atoms with Gasteiger partial charge in [-0.3, -0.25) is 0 Å². The molecule has 0 bridgehead atoms. The van der Waals surface area contributed by atoms with Gasteiger partial charge >= 0.3 is 0 Å². The minimum absolute atomic E-state index is 0.186. The van der Waals surface area contributed by atoms with Crippen LogP contribution in [-0.4, -0.2) is 49.1 Å². The number of pyridine rings is 1. The first kappa shape index (κ1) is 15.2. The lowest BCUT2D eigenvalue weighted by molar-refractivity contribution is 0.126. The van der Waals surface area contributed by atoms with Gasteiger partial charge in [0.1, 0.15) is 10.7 Å². The molecule has 0 saturated heterocycles. The van der Waals surface area contributed by atoms with Crippen LogP contribution in [0.15, 0.2) is 23.2 Å². The quantitative estimate of drug-likeness (QED) is 0.868. The predicted molar refractivity (Wildman–Crippen MR) is 77.0 cm³/mol. The highest BCUT2D eigenvalue weighted by Crippen LogP contribution is 2.22. The van der Waals surface area contributed by atoms with Crippen LogP contribution in [0.3, 0.4) is 0 Å². The highest BCUT2D eigenvalue weighted by atomic mass is 32.2. The van der Waals surface area contributed by atoms with Gasteiger partial charge in [-0.05, 0) is 37.8 Å². The van der Waals surface area contributed by atoms with E-state index >= 15 is 0 Å². The van der Waals surface area contributed by atoms with Crippen LogP contribution in [0.1, 0.15) is 25.7 Å². The van der Waals surface area contributed by atoms with E-state index in [2.05, 4.69) is 10.3 Å². The van der Waals surface area contributed by atoms with Crippen molar-refractivity contribution in [3.8, 4) is 0 Å². The van der Waals surface area contributed by atoms with Crippen molar-refractivity contribution in [2.45, 2.75) is 42.7 Å². The third kappa shape index (κ3) is 3.47. The number of hydrogen-bond acceptors (Lipinski definition) is 5. The number of nitrogens with zero attached hydrogens (tertiary/aromatic N) is 2. The number of anilines is 1. The first-order valence-electron chi connectivity index (χ1n) is 6.73. The van der Waals surface area contributed by atoms with Crippen molar-refractivity contribution in [1.82, 2.24) is 9.29 Å². The van der Waals surface area contributed by atoms with E-state index in [-0.39, 0.29) is 11.0 Å². The van der Waals surface area contributed by atoms with Gasteiger partial charge in [-0.1, -0.05) is 0 Å². The van der Waals surface area contributed by atoms with Gasteiger partial charge in [0.15, 0.2) is 0 Å². The summed E-state index contributed by atoms with van der Waals surface area (Å²) in [5, 5.41) is 12.7. The second-order valence-electron chi connectivity index (χ2n) is 5.32. The molecule has 20 heavy (non-hydrogen) atoms. The summed E-state index contributed by atoms with van der Waals surface area (Å²) in [6.45, 7) is 0. The number of sulfonamides is 1. The number of aliphatic hydroxyl groups excluding tert-OH is 1. The highest BCUT2D eigenvalue weighted by Gasteiger charge is 2.20. The van der Waals surface area contributed by atoms with E-state index in [0.29, 0.717) is 11.9 Å². The standard InChI is InChI=1S/C13H21N3O3S/c1-16(2)20(18,19)12-7-8-13(14-9-12)15-10-3-5-11(17)6-4-10/h7-11,17H,3-6H2,1-2H3,(H,14,15). The van der Waals surface area contributed by atoms with Crippen molar-refractivity contribution >= 4 is 15.8 Å². The van der Waals surface area contributed by atoms with Gasteiger partial charge in [-0.25, -0.2) is 17.7 Å². The second kappa shape index (κ2) is 6.07. The molecular weight excluding hydrogens is 278 g/mol. The number of aliphatic hydroxyl groups is 1. The summed E-state index contributed by atoms with van der Waals surface area (Å²) < 4.78 is 25.0. The molecule has 0 amide bonds. The van der Waals surface area contributed by atoms with Crippen LogP contribution < -0.4 is 5.32 Å². The topological polar surface area (TPSA) is 82.5 Å². The molecule has 0 aromatic carbocycles. The van der Waals surface area contributed by atoms with Crippen LogP contribution in [0.25, 0.3) is 0 Å². The monoisotopic (exact) mass is 299 g/mol. The van der Waals surface area contributed by atoms with E-state index in [1.165, 1.54) is 24.6 Å². The number of rotatable bonds is 4. The Morgan fingerprint density at radius 2 is 1.90 bits per heavy atom. The Kier molecular flexibility index (Phi) is 4.62. The molecule has 1 saturated carbocycles. The fourth-order valence-electron chi connectivity index (χ4n) is 2.26. The first-order valence-corrected chi connectivity index (χ1v) is 8.17. The predicted octanol–water partition coefficient (Wildman–Crippen LogP) is 1.05. The molecule has 0 aliphatic heterocycles. The molecule has 7 heteroatoms. The van der Waals surface area contributed by atoms with Crippen molar-refractivity contribution in [2.75, 3.05) is 19.4 Å². The Labute approximate surface area is 119 Å². The molecule has 112 valence electrons. The minimum Gasteiger partial charge on any atom is -0.393 e. The molecule has 0 unspecified atom stereocenters. The first-order chi connectivity index (χ1) is 9.39. The van der Waals surface area contributed by atoms with Gasteiger partial charge < -0.3 is 10.4 Å². The van der Waals surface area contributed by atoms with E-state index in [0.717, 1.165) is 25.7 Å². The van der Waals surface area contributed by atoms with Gasteiger partial charge in [0, 0.05) is 26.3 Å². The van der Waals surface area contributed by atoms with Crippen LogP contribution in [0.2, 0.25) is 0 Å². The van der Waals surface area contributed by atoms with E-state index in [1.807, 2.05) is 0 Å². The smallest absolute Gasteiger partial charge is 0.244 e. The van der Waals surface area contributed by atoms with Gasteiger partial charge in [-0.2, -0.15) is 0 Å². The Morgan fingerprint density at radius 1 is 1.25 bits per heavy atom. The van der Waals surface area contributed by atoms with Crippen LogP contribution >= 0.6 is 0 Å². The van der Waals surface area contributed by atoms with Gasteiger partial charge in [0.25, 0.3) is 0 Å². The molecule has 2 rings (SSSR count). The highest BCUT2D eigenvalue weighted by molar-refractivity contribution is 7.89. The lowest BCUT2D eigenvalue weighted by Crippen LogP contribution is -2.28. The van der Waals surface area contributed by atoms with E-state index in [4.69, 9.17) is 0 Å². The number of aromatic nitrogens is 1. The Morgan fingerprint density at radius 3 is 2.40 bits per heavy atom. The molecule has 1 aliphatic carbocycles. The zero-order valence-corrected chi connectivity index (χ0v) is 12.6. The average Bonchev–Trinajstić information content (AvgIpc) is 2.42. The third-order valence-electron chi connectivity index (χ3n) is 3.56. The number of nitrogens with one attached hydrogen (secondary N) is 1. The molecule has 0 spiro atoms. The molecule has 1 fully saturated rings. The largest absolute Gasteiger partial charge is 0.393 e. The molecular formula is C13H21N3O3S. The van der Waals surface area contributed by atoms with Crippen LogP contribution in [0, 0.1) is 0 Å². The molecule has 1 aromatic heterocycles. The Hall–Kier alpha value is -1.18. The van der Waals surface area contributed by atoms with Crippen LogP contribution in [0.5, 0.6) is 0 Å². The summed E-state index contributed by atoms with van der Waals surface area (Å²) in [6.07, 6.45) is 4.58. The SMILES string of the molecule is CN(C)S(=O)(=O)c1ccc(NC2CCC(O)CC2)nc1. The molecule has 2 N–H and O–H groups in total. The van der Waals surface area contributed by atoms with E-state index in [9.17, 15) is 13.5 Å². The molecule has 0 atom stereocenters. The molecule has 0 radical (unpaired) electrons. The van der Waals surface area contributed by atoms with Crippen molar-refractivity contribution in [3.63, 3.8) is 0 Å². The normalized spacial score (nSPS) is 23.8. The lowest BCUT2D eigenvalue weighted by Gasteiger charge is -2.26. The Balaban J connectivity index is 2.02.